The molecule has 3 heteroatoms. The highest BCUT2D eigenvalue weighted by molar-refractivity contribution is 5.79. The first-order valence-corrected chi connectivity index (χ1v) is 11.4. The van der Waals surface area contributed by atoms with Gasteiger partial charge in [-0.05, 0) is 19.3 Å². The Labute approximate surface area is 162 Å². The number of hydrogen-bond donors (Lipinski definition) is 1. The third kappa shape index (κ3) is 12.6. The molecule has 1 saturated carbocycles. The summed E-state index contributed by atoms with van der Waals surface area (Å²) in [6.07, 6.45) is 23.0. The predicted molar refractivity (Wildman–Crippen MR) is 111 cm³/mol. The smallest absolute Gasteiger partial charge is 0.135 e. The van der Waals surface area contributed by atoms with E-state index < -0.39 is 0 Å². The molecule has 1 heterocycles. The Kier molecular flexibility index (Phi) is 13.8. The SMILES string of the molecule is CCCCCCCCCCCCCCC1(C=O)CC1.O=C1CCNCC1. The molecule has 1 aliphatic carbocycles. The number of Topliss-reactive ketones (excluding diaryl/α,β-unsaturated/α-hetero) is 1. The zero-order chi connectivity index (χ0) is 18.9. The quantitative estimate of drug-likeness (QED) is 0.303. The van der Waals surface area contributed by atoms with Gasteiger partial charge in [0.1, 0.15) is 12.1 Å². The van der Waals surface area contributed by atoms with E-state index in [1.807, 2.05) is 0 Å². The summed E-state index contributed by atoms with van der Waals surface area (Å²) < 4.78 is 0. The molecular formula is C23H43NO2. The Bertz CT molecular complexity index is 355. The molecule has 152 valence electrons. The van der Waals surface area contributed by atoms with Gasteiger partial charge < -0.3 is 10.1 Å². The maximum Gasteiger partial charge on any atom is 0.135 e. The lowest BCUT2D eigenvalue weighted by molar-refractivity contribution is -0.119. The number of unbranched alkanes of at least 4 members (excludes halogenated alkanes) is 11. The molecule has 2 rings (SSSR count). The van der Waals surface area contributed by atoms with Crippen molar-refractivity contribution < 1.29 is 9.59 Å². The van der Waals surface area contributed by atoms with E-state index in [1.165, 1.54) is 83.3 Å². The lowest BCUT2D eigenvalue weighted by Crippen LogP contribution is -2.27. The molecule has 0 aromatic rings. The van der Waals surface area contributed by atoms with E-state index in [9.17, 15) is 9.59 Å². The van der Waals surface area contributed by atoms with Crippen LogP contribution in [-0.4, -0.2) is 25.2 Å². The van der Waals surface area contributed by atoms with Crippen molar-refractivity contribution in [3.8, 4) is 0 Å². The summed E-state index contributed by atoms with van der Waals surface area (Å²) in [5.74, 6) is 0.402. The lowest BCUT2D eigenvalue weighted by Gasteiger charge is -2.08. The molecule has 0 radical (unpaired) electrons. The number of nitrogens with one attached hydrogen (secondary N) is 1. The third-order valence-electron chi connectivity index (χ3n) is 5.83. The highest BCUT2D eigenvalue weighted by Gasteiger charge is 2.41. The van der Waals surface area contributed by atoms with E-state index in [4.69, 9.17) is 0 Å². The van der Waals surface area contributed by atoms with Crippen molar-refractivity contribution in [3.05, 3.63) is 0 Å². The molecule has 1 aliphatic heterocycles. The van der Waals surface area contributed by atoms with Crippen molar-refractivity contribution >= 4 is 12.1 Å². The number of ketones is 1. The van der Waals surface area contributed by atoms with Gasteiger partial charge in [0.25, 0.3) is 0 Å². The summed E-state index contributed by atoms with van der Waals surface area (Å²) >= 11 is 0. The Morgan fingerprint density at radius 2 is 1.27 bits per heavy atom. The maximum atomic E-state index is 10.8. The minimum absolute atomic E-state index is 0.151. The molecule has 0 unspecified atom stereocenters. The minimum atomic E-state index is 0.151. The fourth-order valence-electron chi connectivity index (χ4n) is 3.61. The summed E-state index contributed by atoms with van der Waals surface area (Å²) in [4.78, 5) is 21.2. The average Bonchev–Trinajstić information content (AvgIpc) is 3.44. The Hall–Kier alpha value is -0.700. The lowest BCUT2D eigenvalue weighted by atomic mass is 9.99. The second-order valence-corrected chi connectivity index (χ2v) is 8.41. The summed E-state index contributed by atoms with van der Waals surface area (Å²) in [6.45, 7) is 4.05. The first-order chi connectivity index (χ1) is 12.7. The molecule has 2 aliphatic rings. The fourth-order valence-corrected chi connectivity index (χ4v) is 3.61. The normalized spacial score (nSPS) is 18.1. The first kappa shape index (κ1) is 23.3. The van der Waals surface area contributed by atoms with Crippen LogP contribution in [0.3, 0.4) is 0 Å². The van der Waals surface area contributed by atoms with Crippen LogP contribution in [-0.2, 0) is 9.59 Å². The Morgan fingerprint density at radius 1 is 0.808 bits per heavy atom. The first-order valence-electron chi connectivity index (χ1n) is 11.4. The molecule has 0 aromatic carbocycles. The molecule has 1 saturated heterocycles. The molecule has 2 fully saturated rings. The number of rotatable bonds is 14. The number of piperidine rings is 1. The second kappa shape index (κ2) is 15.4. The van der Waals surface area contributed by atoms with Crippen LogP contribution in [0.25, 0.3) is 0 Å². The van der Waals surface area contributed by atoms with Gasteiger partial charge in [-0.3, -0.25) is 4.79 Å². The van der Waals surface area contributed by atoms with Gasteiger partial charge in [0.2, 0.25) is 0 Å². The van der Waals surface area contributed by atoms with Crippen LogP contribution < -0.4 is 5.32 Å². The van der Waals surface area contributed by atoms with Crippen LogP contribution in [0.1, 0.15) is 116 Å². The van der Waals surface area contributed by atoms with E-state index in [-0.39, 0.29) is 5.41 Å². The number of hydrogen-bond acceptors (Lipinski definition) is 3. The van der Waals surface area contributed by atoms with Crippen LogP contribution in [0.4, 0.5) is 0 Å². The standard InChI is InChI=1S/C18H34O.C5H9NO/c1-2-3-4-5-6-7-8-9-10-11-12-13-14-18(17-19)15-16-18;7-5-1-3-6-4-2-5/h17H,2-16H2,1H3;6H,1-4H2. The van der Waals surface area contributed by atoms with E-state index >= 15 is 0 Å². The van der Waals surface area contributed by atoms with Crippen molar-refractivity contribution in [3.63, 3.8) is 0 Å². The summed E-state index contributed by atoms with van der Waals surface area (Å²) in [7, 11) is 0. The second-order valence-electron chi connectivity index (χ2n) is 8.41. The highest BCUT2D eigenvalue weighted by Crippen LogP contribution is 2.47. The van der Waals surface area contributed by atoms with Gasteiger partial charge in [0.05, 0.1) is 0 Å². The van der Waals surface area contributed by atoms with Crippen molar-refractivity contribution in [2.45, 2.75) is 116 Å². The van der Waals surface area contributed by atoms with E-state index in [2.05, 4.69) is 12.2 Å². The molecule has 0 atom stereocenters. The van der Waals surface area contributed by atoms with Crippen LogP contribution >= 0.6 is 0 Å². The van der Waals surface area contributed by atoms with E-state index in [1.54, 1.807) is 0 Å². The van der Waals surface area contributed by atoms with Crippen molar-refractivity contribution in [2.75, 3.05) is 13.1 Å². The van der Waals surface area contributed by atoms with Crippen LogP contribution in [0.15, 0.2) is 0 Å². The Morgan fingerprint density at radius 3 is 1.62 bits per heavy atom. The summed E-state index contributed by atoms with van der Waals surface area (Å²) in [6, 6.07) is 0. The van der Waals surface area contributed by atoms with Gasteiger partial charge in [0, 0.05) is 31.3 Å². The zero-order valence-electron chi connectivity index (χ0n) is 17.3. The van der Waals surface area contributed by atoms with Gasteiger partial charge in [-0.2, -0.15) is 0 Å². The fraction of sp³-hybridized carbons (Fsp3) is 0.913. The maximum absolute atomic E-state index is 10.8. The van der Waals surface area contributed by atoms with Gasteiger partial charge >= 0.3 is 0 Å². The van der Waals surface area contributed by atoms with Crippen molar-refractivity contribution in [1.82, 2.24) is 5.32 Å². The van der Waals surface area contributed by atoms with Crippen LogP contribution in [0.5, 0.6) is 0 Å². The van der Waals surface area contributed by atoms with Crippen LogP contribution in [0, 0.1) is 5.41 Å². The number of carbonyl (C=O) groups is 2. The molecule has 0 bridgehead atoms. The van der Waals surface area contributed by atoms with Gasteiger partial charge in [-0.25, -0.2) is 0 Å². The topological polar surface area (TPSA) is 46.2 Å². The van der Waals surface area contributed by atoms with Crippen molar-refractivity contribution in [1.29, 1.82) is 0 Å². The van der Waals surface area contributed by atoms with Crippen molar-refractivity contribution in [2.24, 2.45) is 5.41 Å². The van der Waals surface area contributed by atoms with Gasteiger partial charge in [-0.1, -0.05) is 84.0 Å². The summed E-state index contributed by atoms with van der Waals surface area (Å²) in [5.41, 5.74) is 0.151. The molecule has 3 nitrogen and oxygen atoms in total. The molecule has 0 aromatic heterocycles. The molecule has 0 spiro atoms. The van der Waals surface area contributed by atoms with Gasteiger partial charge in [0.15, 0.2) is 0 Å². The van der Waals surface area contributed by atoms with Gasteiger partial charge in [-0.15, -0.1) is 0 Å². The Balaban J connectivity index is 0.000000401. The minimum Gasteiger partial charge on any atom is -0.316 e. The molecule has 1 N–H and O–H groups in total. The van der Waals surface area contributed by atoms with E-state index in [0.717, 1.165) is 45.2 Å². The third-order valence-corrected chi connectivity index (χ3v) is 5.83. The highest BCUT2D eigenvalue weighted by atomic mass is 16.1. The monoisotopic (exact) mass is 365 g/mol. The largest absolute Gasteiger partial charge is 0.316 e. The molecular weight excluding hydrogens is 322 g/mol. The van der Waals surface area contributed by atoms with E-state index in [0.29, 0.717) is 5.78 Å². The number of carbonyl (C=O) groups excluding carboxylic acids is 2. The molecule has 0 amide bonds. The predicted octanol–water partition coefficient (Wildman–Crippen LogP) is 6.00. The summed E-state index contributed by atoms with van der Waals surface area (Å²) in [5, 5.41) is 3.09. The number of aldehydes is 1. The van der Waals surface area contributed by atoms with Crippen LogP contribution in [0.2, 0.25) is 0 Å². The average molecular weight is 366 g/mol. The zero-order valence-corrected chi connectivity index (χ0v) is 17.3. The molecule has 26 heavy (non-hydrogen) atoms.